The molecular weight excluding hydrogens is 441 g/mol. The molecule has 0 aliphatic carbocycles. The van der Waals surface area contributed by atoms with Gasteiger partial charge in [-0.15, -0.1) is 0 Å². The van der Waals surface area contributed by atoms with Gasteiger partial charge in [0.1, 0.15) is 0 Å². The lowest BCUT2D eigenvalue weighted by atomic mass is 10.2. The molecule has 9 nitrogen and oxygen atoms in total. The minimum Gasteiger partial charge on any atom is -0.322 e. The number of anilines is 1. The van der Waals surface area contributed by atoms with Gasteiger partial charge in [-0.3, -0.25) is 10.1 Å². The van der Waals surface area contributed by atoms with Gasteiger partial charge < -0.3 is 10.2 Å². The molecule has 13 heteroatoms. The number of carbonyl (C=O) groups excluding carboxylic acids is 1. The Labute approximate surface area is 175 Å². The molecule has 0 bridgehead atoms. The Morgan fingerprint density at radius 2 is 1.58 bits per heavy atom. The normalized spacial score (nSPS) is 15.5. The molecule has 2 amide bonds. The van der Waals surface area contributed by atoms with Crippen molar-refractivity contribution in [2.24, 2.45) is 0 Å². The average Bonchev–Trinajstić information content (AvgIpc) is 2.73. The first-order valence-corrected chi connectivity index (χ1v) is 10.4. The lowest BCUT2D eigenvalue weighted by Gasteiger charge is -2.33. The number of nitrogens with one attached hydrogen (secondary N) is 1. The number of piperazine rings is 1. The fourth-order valence-electron chi connectivity index (χ4n) is 3.04. The third-order valence-electron chi connectivity index (χ3n) is 4.67. The van der Waals surface area contributed by atoms with Crippen LogP contribution in [0.3, 0.4) is 0 Å². The predicted molar refractivity (Wildman–Crippen MR) is 104 cm³/mol. The van der Waals surface area contributed by atoms with Gasteiger partial charge in [-0.25, -0.2) is 13.2 Å². The third-order valence-corrected chi connectivity index (χ3v) is 6.62. The van der Waals surface area contributed by atoms with Gasteiger partial charge in [-0.2, -0.15) is 17.5 Å². The van der Waals surface area contributed by atoms with Crippen LogP contribution in [0.2, 0.25) is 0 Å². The van der Waals surface area contributed by atoms with Gasteiger partial charge in [0.25, 0.3) is 5.69 Å². The summed E-state index contributed by atoms with van der Waals surface area (Å²) in [5.41, 5.74) is -1.22. The second-order valence-corrected chi connectivity index (χ2v) is 8.53. The zero-order valence-corrected chi connectivity index (χ0v) is 16.7. The van der Waals surface area contributed by atoms with Gasteiger partial charge in [-0.05, 0) is 30.3 Å². The molecule has 1 aliphatic rings. The summed E-state index contributed by atoms with van der Waals surface area (Å²) >= 11 is 0. The van der Waals surface area contributed by atoms with Crippen LogP contribution in [0, 0.1) is 10.1 Å². The topological polar surface area (TPSA) is 113 Å². The highest BCUT2D eigenvalue weighted by Crippen LogP contribution is 2.30. The minimum absolute atomic E-state index is 0.00628. The highest BCUT2D eigenvalue weighted by atomic mass is 32.2. The van der Waals surface area contributed by atoms with Gasteiger partial charge >= 0.3 is 12.2 Å². The highest BCUT2D eigenvalue weighted by molar-refractivity contribution is 7.89. The summed E-state index contributed by atoms with van der Waals surface area (Å²) in [5, 5.41) is 13.6. The van der Waals surface area contributed by atoms with E-state index in [4.69, 9.17) is 0 Å². The number of benzene rings is 2. The van der Waals surface area contributed by atoms with E-state index in [0.29, 0.717) is 0 Å². The first-order valence-electron chi connectivity index (χ1n) is 8.97. The number of urea groups is 1. The molecule has 2 aromatic rings. The van der Waals surface area contributed by atoms with Crippen molar-refractivity contribution in [3.63, 3.8) is 0 Å². The van der Waals surface area contributed by atoms with Crippen molar-refractivity contribution in [3.05, 3.63) is 64.2 Å². The van der Waals surface area contributed by atoms with E-state index in [2.05, 4.69) is 5.32 Å². The molecule has 0 unspecified atom stereocenters. The molecule has 1 aliphatic heterocycles. The predicted octanol–water partition coefficient (Wildman–Crippen LogP) is 3.15. The molecule has 166 valence electrons. The first-order chi connectivity index (χ1) is 14.5. The summed E-state index contributed by atoms with van der Waals surface area (Å²) in [4.78, 5) is 23.6. The van der Waals surface area contributed by atoms with E-state index in [1.165, 1.54) is 17.0 Å². The maximum atomic E-state index is 12.8. The number of nitro groups is 1. The fourth-order valence-corrected chi connectivity index (χ4v) is 4.62. The number of nitrogens with zero attached hydrogens (tertiary/aromatic N) is 3. The van der Waals surface area contributed by atoms with E-state index in [1.807, 2.05) is 0 Å². The molecule has 3 rings (SSSR count). The number of amides is 2. The molecule has 0 atom stereocenters. The van der Waals surface area contributed by atoms with Crippen LogP contribution < -0.4 is 5.32 Å². The zero-order chi connectivity index (χ0) is 22.8. The van der Waals surface area contributed by atoms with E-state index in [1.54, 1.807) is 0 Å². The molecular formula is C18H17F3N4O5S. The smallest absolute Gasteiger partial charge is 0.322 e. The quantitative estimate of drug-likeness (QED) is 0.559. The number of para-hydroxylation sites is 1. The van der Waals surface area contributed by atoms with E-state index >= 15 is 0 Å². The second-order valence-electron chi connectivity index (χ2n) is 6.62. The monoisotopic (exact) mass is 458 g/mol. The van der Waals surface area contributed by atoms with Gasteiger partial charge in [0.15, 0.2) is 4.90 Å². The molecule has 0 aromatic heterocycles. The molecule has 0 radical (unpaired) electrons. The Kier molecular flexibility index (Phi) is 6.18. The largest absolute Gasteiger partial charge is 0.416 e. The molecule has 0 saturated carbocycles. The van der Waals surface area contributed by atoms with Crippen LogP contribution in [0.1, 0.15) is 5.56 Å². The number of sulfonamides is 1. The van der Waals surface area contributed by atoms with Crippen molar-refractivity contribution < 1.29 is 31.3 Å². The molecule has 1 saturated heterocycles. The highest BCUT2D eigenvalue weighted by Gasteiger charge is 2.34. The first kappa shape index (κ1) is 22.5. The van der Waals surface area contributed by atoms with Crippen LogP contribution in [-0.2, 0) is 16.2 Å². The van der Waals surface area contributed by atoms with Crippen molar-refractivity contribution in [2.75, 3.05) is 31.5 Å². The Balaban J connectivity index is 1.64. The van der Waals surface area contributed by atoms with Crippen LogP contribution in [0.25, 0.3) is 0 Å². The number of rotatable bonds is 4. The van der Waals surface area contributed by atoms with Crippen LogP contribution in [0.4, 0.5) is 29.3 Å². The molecule has 1 heterocycles. The molecule has 0 spiro atoms. The number of halogens is 3. The number of hydrogen-bond donors (Lipinski definition) is 1. The van der Waals surface area contributed by atoms with Crippen molar-refractivity contribution in [1.82, 2.24) is 9.21 Å². The summed E-state index contributed by atoms with van der Waals surface area (Å²) in [6, 6.07) is 8.32. The standard InChI is InChI=1S/C18H17F3N4O5S/c19-18(20,21)13-5-7-14(8-6-13)22-17(26)23-9-11-24(12-10-23)31(29,30)16-4-2-1-3-15(16)25(27)28/h1-8H,9-12H2,(H,22,26). The maximum Gasteiger partial charge on any atom is 0.416 e. The second kappa shape index (κ2) is 8.51. The maximum absolute atomic E-state index is 12.8. The Morgan fingerprint density at radius 1 is 1.00 bits per heavy atom. The van der Waals surface area contributed by atoms with E-state index in [-0.39, 0.29) is 31.9 Å². The zero-order valence-electron chi connectivity index (χ0n) is 15.9. The fraction of sp³-hybridized carbons (Fsp3) is 0.278. The SMILES string of the molecule is O=C(Nc1ccc(C(F)(F)F)cc1)N1CCN(S(=O)(=O)c2ccccc2[N+](=O)[O-])CC1. The van der Waals surface area contributed by atoms with Crippen molar-refractivity contribution in [1.29, 1.82) is 0 Å². The molecule has 1 N–H and O–H groups in total. The van der Waals surface area contributed by atoms with Crippen LogP contribution in [0.5, 0.6) is 0 Å². The number of carbonyl (C=O) groups is 1. The Morgan fingerprint density at radius 3 is 2.13 bits per heavy atom. The van der Waals surface area contributed by atoms with Crippen LogP contribution in [0.15, 0.2) is 53.4 Å². The summed E-state index contributed by atoms with van der Waals surface area (Å²) < 4.78 is 64.5. The number of hydrogen-bond acceptors (Lipinski definition) is 5. The number of nitro benzene ring substituents is 1. The third kappa shape index (κ3) is 4.94. The lowest BCUT2D eigenvalue weighted by Crippen LogP contribution is -2.51. The van der Waals surface area contributed by atoms with E-state index in [9.17, 15) is 36.5 Å². The lowest BCUT2D eigenvalue weighted by molar-refractivity contribution is -0.387. The molecule has 1 fully saturated rings. The minimum atomic E-state index is -4.49. The van der Waals surface area contributed by atoms with E-state index < -0.39 is 43.3 Å². The van der Waals surface area contributed by atoms with Gasteiger partial charge in [0.05, 0.1) is 10.5 Å². The summed E-state index contributed by atoms with van der Waals surface area (Å²) in [7, 11) is -4.14. The summed E-state index contributed by atoms with van der Waals surface area (Å²) in [6.07, 6.45) is -4.49. The number of alkyl halides is 3. The van der Waals surface area contributed by atoms with Gasteiger partial charge in [-0.1, -0.05) is 12.1 Å². The van der Waals surface area contributed by atoms with Crippen molar-refractivity contribution in [2.45, 2.75) is 11.1 Å². The van der Waals surface area contributed by atoms with Crippen LogP contribution in [-0.4, -0.2) is 54.8 Å². The van der Waals surface area contributed by atoms with Crippen molar-refractivity contribution in [3.8, 4) is 0 Å². The average molecular weight is 458 g/mol. The molecule has 31 heavy (non-hydrogen) atoms. The van der Waals surface area contributed by atoms with E-state index in [0.717, 1.165) is 40.7 Å². The van der Waals surface area contributed by atoms with Gasteiger partial charge in [0.2, 0.25) is 10.0 Å². The van der Waals surface area contributed by atoms with Gasteiger partial charge in [0, 0.05) is 37.9 Å². The van der Waals surface area contributed by atoms with Crippen molar-refractivity contribution >= 4 is 27.4 Å². The molecule has 2 aromatic carbocycles. The summed E-state index contributed by atoms with van der Waals surface area (Å²) in [5.74, 6) is 0. The summed E-state index contributed by atoms with van der Waals surface area (Å²) in [6.45, 7) is -0.164. The Hall–Kier alpha value is -3.19. The van der Waals surface area contributed by atoms with Crippen LogP contribution >= 0.6 is 0 Å². The Bertz CT molecular complexity index is 1080.